The normalized spacial score (nSPS) is 20.4. The first-order chi connectivity index (χ1) is 12.3. The second-order valence-corrected chi connectivity index (χ2v) is 7.42. The second-order valence-electron chi connectivity index (χ2n) is 5.80. The van der Waals surface area contributed by atoms with Crippen LogP contribution in [0.15, 0.2) is 30.6 Å². The molecule has 140 valence electrons. The molecule has 1 amide bonds. The van der Waals surface area contributed by atoms with Gasteiger partial charge in [0.25, 0.3) is 5.91 Å². The highest BCUT2D eigenvalue weighted by Crippen LogP contribution is 2.28. The maximum absolute atomic E-state index is 13.9. The van der Waals surface area contributed by atoms with Crippen molar-refractivity contribution in [1.29, 1.82) is 0 Å². The molecule has 6 nitrogen and oxygen atoms in total. The van der Waals surface area contributed by atoms with Crippen LogP contribution in [-0.2, 0) is 17.8 Å². The molecule has 26 heavy (non-hydrogen) atoms. The number of halogens is 3. The second kappa shape index (κ2) is 7.48. The molecule has 0 N–H and O–H groups in total. The van der Waals surface area contributed by atoms with Crippen molar-refractivity contribution in [2.45, 2.75) is 12.7 Å². The highest BCUT2D eigenvalue weighted by molar-refractivity contribution is 7.85. The third-order valence-corrected chi connectivity index (χ3v) is 5.37. The van der Waals surface area contributed by atoms with Gasteiger partial charge in [0.2, 0.25) is 0 Å². The SMILES string of the molecule is Cn1cc(C2CS(=O)CCN2C(=O)c2ccc(OC(F)F)c(F)c2)cn1. The van der Waals surface area contributed by atoms with Crippen molar-refractivity contribution in [3.05, 3.63) is 47.5 Å². The van der Waals surface area contributed by atoms with Crippen molar-refractivity contribution in [2.75, 3.05) is 18.1 Å². The molecule has 0 saturated carbocycles. The molecule has 2 aromatic rings. The molecule has 0 spiro atoms. The van der Waals surface area contributed by atoms with E-state index in [1.54, 1.807) is 24.1 Å². The Labute approximate surface area is 150 Å². The van der Waals surface area contributed by atoms with Gasteiger partial charge in [-0.3, -0.25) is 13.7 Å². The van der Waals surface area contributed by atoms with Gasteiger partial charge in [-0.05, 0) is 18.2 Å². The smallest absolute Gasteiger partial charge is 0.387 e. The van der Waals surface area contributed by atoms with Crippen LogP contribution < -0.4 is 4.74 Å². The molecule has 0 radical (unpaired) electrons. The lowest BCUT2D eigenvalue weighted by molar-refractivity contribution is -0.0521. The Hall–Kier alpha value is -2.36. The Bertz CT molecular complexity index is 843. The van der Waals surface area contributed by atoms with Gasteiger partial charge < -0.3 is 9.64 Å². The third kappa shape index (κ3) is 3.90. The predicted octanol–water partition coefficient (Wildman–Crippen LogP) is 2.11. The minimum Gasteiger partial charge on any atom is -0.432 e. The number of aryl methyl sites for hydroxylation is 1. The molecule has 2 heterocycles. The topological polar surface area (TPSA) is 64.4 Å². The summed E-state index contributed by atoms with van der Waals surface area (Å²) < 4.78 is 56.0. The van der Waals surface area contributed by atoms with Gasteiger partial charge in [0.1, 0.15) is 0 Å². The number of hydrogen-bond acceptors (Lipinski definition) is 4. The van der Waals surface area contributed by atoms with Gasteiger partial charge in [-0.25, -0.2) is 4.39 Å². The minimum absolute atomic E-state index is 0.00527. The molecular formula is C16H16F3N3O3S. The van der Waals surface area contributed by atoms with Crippen LogP contribution in [0, 0.1) is 5.82 Å². The minimum atomic E-state index is -3.15. The van der Waals surface area contributed by atoms with Crippen LogP contribution in [0.4, 0.5) is 13.2 Å². The van der Waals surface area contributed by atoms with Crippen molar-refractivity contribution >= 4 is 16.7 Å². The van der Waals surface area contributed by atoms with Crippen LogP contribution in [0.3, 0.4) is 0 Å². The van der Waals surface area contributed by atoms with E-state index in [1.165, 1.54) is 11.0 Å². The molecule has 0 aliphatic carbocycles. The zero-order valence-corrected chi connectivity index (χ0v) is 14.6. The zero-order chi connectivity index (χ0) is 18.8. The van der Waals surface area contributed by atoms with E-state index >= 15 is 0 Å². The fourth-order valence-electron chi connectivity index (χ4n) is 2.83. The Balaban J connectivity index is 1.87. The Morgan fingerprint density at radius 1 is 1.42 bits per heavy atom. The van der Waals surface area contributed by atoms with Gasteiger partial charge in [-0.1, -0.05) is 0 Å². The molecule has 2 atom stereocenters. The van der Waals surface area contributed by atoms with Gasteiger partial charge in [0, 0.05) is 53.2 Å². The average Bonchev–Trinajstić information content (AvgIpc) is 3.02. The van der Waals surface area contributed by atoms with Crippen molar-refractivity contribution in [2.24, 2.45) is 7.05 Å². The number of carbonyl (C=O) groups excluding carboxylic acids is 1. The van der Waals surface area contributed by atoms with E-state index in [2.05, 4.69) is 9.84 Å². The van der Waals surface area contributed by atoms with E-state index in [9.17, 15) is 22.2 Å². The van der Waals surface area contributed by atoms with E-state index in [0.29, 0.717) is 5.75 Å². The maximum atomic E-state index is 13.9. The number of amides is 1. The molecular weight excluding hydrogens is 371 g/mol. The van der Waals surface area contributed by atoms with Crippen molar-refractivity contribution in [3.63, 3.8) is 0 Å². The van der Waals surface area contributed by atoms with Gasteiger partial charge in [0.05, 0.1) is 12.2 Å². The predicted molar refractivity (Wildman–Crippen MR) is 87.9 cm³/mol. The van der Waals surface area contributed by atoms with E-state index in [1.807, 2.05) is 0 Å². The zero-order valence-electron chi connectivity index (χ0n) is 13.8. The summed E-state index contributed by atoms with van der Waals surface area (Å²) in [6.45, 7) is -2.92. The first-order valence-electron chi connectivity index (χ1n) is 7.74. The number of hydrogen-bond donors (Lipinski definition) is 0. The standard InChI is InChI=1S/C16H16F3N3O3S/c1-21-8-11(7-20-21)13-9-26(24)5-4-22(13)15(23)10-2-3-14(12(17)6-10)25-16(18)19/h2-3,6-8,13,16H,4-5,9H2,1H3. The van der Waals surface area contributed by atoms with Crippen LogP contribution in [-0.4, -0.2) is 49.5 Å². The fraction of sp³-hybridized carbons (Fsp3) is 0.375. The number of nitrogens with zero attached hydrogens (tertiary/aromatic N) is 3. The van der Waals surface area contributed by atoms with Crippen LogP contribution in [0.2, 0.25) is 0 Å². The summed E-state index contributed by atoms with van der Waals surface area (Å²) >= 11 is 0. The maximum Gasteiger partial charge on any atom is 0.387 e. The first kappa shape index (κ1) is 18.4. The number of rotatable bonds is 4. The molecule has 1 aliphatic rings. The summed E-state index contributed by atoms with van der Waals surface area (Å²) in [6, 6.07) is 2.64. The average molecular weight is 387 g/mol. The summed E-state index contributed by atoms with van der Waals surface area (Å²) in [5, 5.41) is 4.07. The molecule has 3 rings (SSSR count). The molecule has 10 heteroatoms. The van der Waals surface area contributed by atoms with E-state index in [-0.39, 0.29) is 17.9 Å². The van der Waals surface area contributed by atoms with Crippen LogP contribution >= 0.6 is 0 Å². The van der Waals surface area contributed by atoms with Gasteiger partial charge in [0.15, 0.2) is 11.6 Å². The number of alkyl halides is 2. The molecule has 1 aromatic heterocycles. The van der Waals surface area contributed by atoms with Crippen molar-refractivity contribution in [3.8, 4) is 5.75 Å². The van der Waals surface area contributed by atoms with Crippen LogP contribution in [0.1, 0.15) is 22.0 Å². The van der Waals surface area contributed by atoms with Crippen LogP contribution in [0.25, 0.3) is 0 Å². The molecule has 1 saturated heterocycles. The van der Waals surface area contributed by atoms with E-state index in [0.717, 1.165) is 17.7 Å². The van der Waals surface area contributed by atoms with E-state index in [4.69, 9.17) is 0 Å². The van der Waals surface area contributed by atoms with Crippen molar-refractivity contribution in [1.82, 2.24) is 14.7 Å². The first-order valence-corrected chi connectivity index (χ1v) is 9.23. The number of ether oxygens (including phenoxy) is 1. The molecule has 0 bridgehead atoms. The highest BCUT2D eigenvalue weighted by atomic mass is 32.2. The summed E-state index contributed by atoms with van der Waals surface area (Å²) in [6.07, 6.45) is 3.32. The highest BCUT2D eigenvalue weighted by Gasteiger charge is 2.33. The van der Waals surface area contributed by atoms with Gasteiger partial charge in [-0.15, -0.1) is 0 Å². The van der Waals surface area contributed by atoms with E-state index < -0.39 is 40.9 Å². The molecule has 1 aliphatic heterocycles. The molecule has 1 fully saturated rings. The Kier molecular flexibility index (Phi) is 5.30. The third-order valence-electron chi connectivity index (χ3n) is 4.05. The Morgan fingerprint density at radius 3 is 2.81 bits per heavy atom. The molecule has 1 aromatic carbocycles. The number of benzene rings is 1. The molecule has 2 unspecified atom stereocenters. The lowest BCUT2D eigenvalue weighted by atomic mass is 10.1. The van der Waals surface area contributed by atoms with Crippen molar-refractivity contribution < 1.29 is 26.9 Å². The summed E-state index contributed by atoms with van der Waals surface area (Å²) in [7, 11) is 0.650. The lowest BCUT2D eigenvalue weighted by Gasteiger charge is -2.35. The number of carbonyl (C=O) groups is 1. The number of aromatic nitrogens is 2. The summed E-state index contributed by atoms with van der Waals surface area (Å²) in [5.74, 6) is -1.57. The monoisotopic (exact) mass is 387 g/mol. The quantitative estimate of drug-likeness (QED) is 0.806. The Morgan fingerprint density at radius 2 is 2.19 bits per heavy atom. The lowest BCUT2D eigenvalue weighted by Crippen LogP contribution is -2.44. The van der Waals surface area contributed by atoms with Gasteiger partial charge >= 0.3 is 6.61 Å². The summed E-state index contributed by atoms with van der Waals surface area (Å²) in [4.78, 5) is 14.3. The van der Waals surface area contributed by atoms with Crippen LogP contribution in [0.5, 0.6) is 5.75 Å². The summed E-state index contributed by atoms with van der Waals surface area (Å²) in [5.41, 5.74) is 0.734. The van der Waals surface area contributed by atoms with Gasteiger partial charge in [-0.2, -0.15) is 13.9 Å². The largest absolute Gasteiger partial charge is 0.432 e. The fourth-order valence-corrected chi connectivity index (χ4v) is 4.12.